The molecule has 2 heterocycles. The molecule has 0 saturated heterocycles. The molecular formula is C14H13Cl2F3N4. The average molecular weight is 365 g/mol. The average Bonchev–Trinajstić information content (AvgIpc) is 3.11. The Morgan fingerprint density at radius 3 is 2.57 bits per heavy atom. The van der Waals surface area contributed by atoms with Crippen molar-refractivity contribution in [2.75, 3.05) is 0 Å². The summed E-state index contributed by atoms with van der Waals surface area (Å²) in [6, 6.07) is 3.60. The minimum absolute atomic E-state index is 0. The van der Waals surface area contributed by atoms with E-state index in [-0.39, 0.29) is 24.8 Å². The number of rotatable bonds is 4. The molecule has 0 unspecified atom stereocenters. The van der Waals surface area contributed by atoms with Gasteiger partial charge < -0.3 is 9.13 Å². The van der Waals surface area contributed by atoms with E-state index in [0.717, 1.165) is 17.8 Å². The standard InChI is InChI=1S/C14H11F3N4.2ClH/c15-13-2-1-11(5-12(13)14(16)17)21-7-10(19-9-21)6-20-4-3-18-8-20;;/h1-5,7-9,14H,6H2;2*1H. The molecule has 0 N–H and O–H groups in total. The van der Waals surface area contributed by atoms with Crippen LogP contribution in [0.3, 0.4) is 0 Å². The summed E-state index contributed by atoms with van der Waals surface area (Å²) in [6.45, 7) is 0.524. The van der Waals surface area contributed by atoms with E-state index in [1.807, 2.05) is 4.57 Å². The molecule has 23 heavy (non-hydrogen) atoms. The van der Waals surface area contributed by atoms with Crippen LogP contribution in [0.25, 0.3) is 5.69 Å². The van der Waals surface area contributed by atoms with Crippen LogP contribution in [0.1, 0.15) is 17.7 Å². The summed E-state index contributed by atoms with van der Waals surface area (Å²) in [7, 11) is 0. The molecule has 4 nitrogen and oxygen atoms in total. The minimum atomic E-state index is -2.85. The molecular weight excluding hydrogens is 352 g/mol. The van der Waals surface area contributed by atoms with Gasteiger partial charge in [-0.2, -0.15) is 0 Å². The monoisotopic (exact) mass is 364 g/mol. The number of nitrogens with zero attached hydrogens (tertiary/aromatic N) is 4. The molecule has 124 valence electrons. The zero-order chi connectivity index (χ0) is 14.8. The van der Waals surface area contributed by atoms with Crippen LogP contribution in [0.15, 0.2) is 49.4 Å². The minimum Gasteiger partial charge on any atom is -0.331 e. The van der Waals surface area contributed by atoms with Crippen LogP contribution in [0.2, 0.25) is 0 Å². The van der Waals surface area contributed by atoms with Crippen molar-refractivity contribution in [1.29, 1.82) is 0 Å². The fraction of sp³-hybridized carbons (Fsp3) is 0.143. The van der Waals surface area contributed by atoms with Gasteiger partial charge in [-0.15, -0.1) is 24.8 Å². The summed E-state index contributed by atoms with van der Waals surface area (Å²) in [4.78, 5) is 8.12. The van der Waals surface area contributed by atoms with Crippen molar-refractivity contribution in [2.45, 2.75) is 13.0 Å². The van der Waals surface area contributed by atoms with Crippen LogP contribution in [-0.4, -0.2) is 19.1 Å². The number of hydrogen-bond donors (Lipinski definition) is 0. The third-order valence-electron chi connectivity index (χ3n) is 3.05. The molecule has 0 aliphatic rings. The van der Waals surface area contributed by atoms with Crippen molar-refractivity contribution in [2.24, 2.45) is 0 Å². The lowest BCUT2D eigenvalue weighted by molar-refractivity contribution is 0.146. The summed E-state index contributed by atoms with van der Waals surface area (Å²) in [5, 5.41) is 0. The first-order chi connectivity index (χ1) is 10.1. The summed E-state index contributed by atoms with van der Waals surface area (Å²) in [6.07, 6.45) is 5.49. The van der Waals surface area contributed by atoms with Gasteiger partial charge in [-0.1, -0.05) is 0 Å². The van der Waals surface area contributed by atoms with Crippen LogP contribution < -0.4 is 0 Å². The highest BCUT2D eigenvalue weighted by molar-refractivity contribution is 5.85. The highest BCUT2D eigenvalue weighted by atomic mass is 35.5. The highest BCUT2D eigenvalue weighted by Gasteiger charge is 2.14. The maximum Gasteiger partial charge on any atom is 0.266 e. The first kappa shape index (κ1) is 19.1. The van der Waals surface area contributed by atoms with E-state index in [2.05, 4.69) is 9.97 Å². The van der Waals surface area contributed by atoms with Crippen LogP contribution in [0, 0.1) is 5.82 Å². The maximum absolute atomic E-state index is 13.3. The summed E-state index contributed by atoms with van der Waals surface area (Å²) >= 11 is 0. The van der Waals surface area contributed by atoms with Crippen LogP contribution >= 0.6 is 24.8 Å². The van der Waals surface area contributed by atoms with Crippen LogP contribution in [0.5, 0.6) is 0 Å². The molecule has 0 bridgehead atoms. The zero-order valence-corrected chi connectivity index (χ0v) is 13.3. The van der Waals surface area contributed by atoms with Crippen molar-refractivity contribution in [3.63, 3.8) is 0 Å². The van der Waals surface area contributed by atoms with Crippen molar-refractivity contribution < 1.29 is 13.2 Å². The summed E-state index contributed by atoms with van der Waals surface area (Å²) in [5.74, 6) is -0.910. The van der Waals surface area contributed by atoms with Gasteiger partial charge in [0.1, 0.15) is 5.82 Å². The van der Waals surface area contributed by atoms with E-state index in [0.29, 0.717) is 12.2 Å². The fourth-order valence-electron chi connectivity index (χ4n) is 2.01. The van der Waals surface area contributed by atoms with Gasteiger partial charge in [-0.3, -0.25) is 0 Å². The predicted octanol–water partition coefficient (Wildman–Crippen LogP) is 4.04. The van der Waals surface area contributed by atoms with Gasteiger partial charge in [0.15, 0.2) is 0 Å². The summed E-state index contributed by atoms with van der Waals surface area (Å²) < 4.78 is 42.1. The van der Waals surface area contributed by atoms with E-state index < -0.39 is 17.8 Å². The SMILES string of the molecule is Cl.Cl.Fc1ccc(-n2cnc(Cn3ccnc3)c2)cc1C(F)F. The lowest BCUT2D eigenvalue weighted by atomic mass is 10.2. The quantitative estimate of drug-likeness (QED) is 0.700. The van der Waals surface area contributed by atoms with Crippen LogP contribution in [-0.2, 0) is 6.54 Å². The second-order valence-electron chi connectivity index (χ2n) is 4.51. The number of aromatic nitrogens is 4. The molecule has 0 fully saturated rings. The molecule has 0 aliphatic carbocycles. The van der Waals surface area contributed by atoms with Gasteiger partial charge >= 0.3 is 0 Å². The molecule has 9 heteroatoms. The largest absolute Gasteiger partial charge is 0.331 e. The van der Waals surface area contributed by atoms with Crippen LogP contribution in [0.4, 0.5) is 13.2 Å². The normalized spacial score (nSPS) is 10.3. The number of alkyl halides is 2. The molecule has 0 spiro atoms. The molecule has 0 amide bonds. The van der Waals surface area contributed by atoms with E-state index in [1.54, 1.807) is 29.5 Å². The maximum atomic E-state index is 13.3. The molecule has 3 rings (SSSR count). The van der Waals surface area contributed by atoms with E-state index >= 15 is 0 Å². The second-order valence-corrected chi connectivity index (χ2v) is 4.51. The molecule has 0 saturated carbocycles. The second kappa shape index (κ2) is 8.03. The number of halogens is 5. The van der Waals surface area contributed by atoms with Crippen molar-refractivity contribution in [3.8, 4) is 5.69 Å². The van der Waals surface area contributed by atoms with E-state index in [4.69, 9.17) is 0 Å². The Bertz CT molecular complexity index is 744. The Morgan fingerprint density at radius 2 is 1.91 bits per heavy atom. The van der Waals surface area contributed by atoms with Gasteiger partial charge in [0, 0.05) is 24.3 Å². The predicted molar refractivity (Wildman–Crippen MR) is 84.3 cm³/mol. The Hall–Kier alpha value is -1.99. The Morgan fingerprint density at radius 1 is 1.13 bits per heavy atom. The fourth-order valence-corrected chi connectivity index (χ4v) is 2.01. The van der Waals surface area contributed by atoms with E-state index in [9.17, 15) is 13.2 Å². The lowest BCUT2D eigenvalue weighted by Gasteiger charge is -2.06. The Balaban J connectivity index is 0.00000132. The van der Waals surface area contributed by atoms with E-state index in [1.165, 1.54) is 12.4 Å². The third-order valence-corrected chi connectivity index (χ3v) is 3.05. The molecule has 1 aromatic carbocycles. The van der Waals surface area contributed by atoms with Gasteiger partial charge in [-0.05, 0) is 18.2 Å². The first-order valence-corrected chi connectivity index (χ1v) is 6.20. The molecule has 3 aromatic rings. The zero-order valence-electron chi connectivity index (χ0n) is 11.6. The Labute approximate surface area is 142 Å². The van der Waals surface area contributed by atoms with Gasteiger partial charge in [0.05, 0.1) is 30.5 Å². The Kier molecular flexibility index (Phi) is 6.65. The lowest BCUT2D eigenvalue weighted by Crippen LogP contribution is -1.97. The molecule has 0 aliphatic heterocycles. The number of benzene rings is 1. The highest BCUT2D eigenvalue weighted by Crippen LogP contribution is 2.24. The summed E-state index contributed by atoms with van der Waals surface area (Å²) in [5.41, 5.74) is 0.573. The van der Waals surface area contributed by atoms with Crippen molar-refractivity contribution in [3.05, 3.63) is 66.5 Å². The molecule has 0 atom stereocenters. The smallest absolute Gasteiger partial charge is 0.266 e. The molecule has 2 aromatic heterocycles. The number of hydrogen-bond acceptors (Lipinski definition) is 2. The topological polar surface area (TPSA) is 35.6 Å². The van der Waals surface area contributed by atoms with Gasteiger partial charge in [0.25, 0.3) is 6.43 Å². The van der Waals surface area contributed by atoms with Crippen molar-refractivity contribution >= 4 is 24.8 Å². The molecule has 0 radical (unpaired) electrons. The van der Waals surface area contributed by atoms with Crippen molar-refractivity contribution in [1.82, 2.24) is 19.1 Å². The number of imidazole rings is 2. The van der Waals surface area contributed by atoms with Gasteiger partial charge in [-0.25, -0.2) is 23.1 Å². The first-order valence-electron chi connectivity index (χ1n) is 6.20. The van der Waals surface area contributed by atoms with Gasteiger partial charge in [0.2, 0.25) is 0 Å². The third kappa shape index (κ3) is 4.27.